The summed E-state index contributed by atoms with van der Waals surface area (Å²) in [5.74, 6) is -0.926. The van der Waals surface area contributed by atoms with Gasteiger partial charge >= 0.3 is 6.18 Å². The molecule has 1 N–H and O–H groups in total. The van der Waals surface area contributed by atoms with Gasteiger partial charge in [-0.2, -0.15) is 13.2 Å². The molecule has 0 radical (unpaired) electrons. The van der Waals surface area contributed by atoms with Crippen molar-refractivity contribution in [2.45, 2.75) is 11.1 Å². The first-order valence-corrected chi connectivity index (χ1v) is 7.59. The van der Waals surface area contributed by atoms with Crippen LogP contribution in [-0.4, -0.2) is 45.5 Å². The molecule has 0 spiro atoms. The van der Waals surface area contributed by atoms with E-state index in [0.29, 0.717) is 4.90 Å². The maximum Gasteiger partial charge on any atom is 0.406 e. The van der Waals surface area contributed by atoms with Crippen LogP contribution in [0.15, 0.2) is 41.8 Å². The van der Waals surface area contributed by atoms with Gasteiger partial charge in [0.15, 0.2) is 0 Å². The van der Waals surface area contributed by atoms with Crippen LogP contribution in [0.2, 0.25) is 0 Å². The van der Waals surface area contributed by atoms with Crippen LogP contribution < -0.4 is 4.72 Å². The van der Waals surface area contributed by atoms with Crippen LogP contribution in [0.1, 0.15) is 10.4 Å². The fraction of sp³-hybridized carbons (Fsp3) is 0.308. The van der Waals surface area contributed by atoms with Gasteiger partial charge in [0, 0.05) is 12.1 Å². The van der Waals surface area contributed by atoms with Crippen molar-refractivity contribution in [2.24, 2.45) is 0 Å². The van der Waals surface area contributed by atoms with Gasteiger partial charge in [0.25, 0.3) is 5.91 Å². The molecule has 0 aromatic heterocycles. The van der Waals surface area contributed by atoms with Crippen molar-refractivity contribution in [1.82, 2.24) is 9.62 Å². The number of amides is 1. The van der Waals surface area contributed by atoms with Gasteiger partial charge in [-0.3, -0.25) is 4.79 Å². The molecule has 0 aliphatic rings. The van der Waals surface area contributed by atoms with E-state index in [1.54, 1.807) is 0 Å². The Morgan fingerprint density at radius 1 is 1.41 bits per heavy atom. The fourth-order valence-corrected chi connectivity index (χ4v) is 2.46. The molecular weight excluding hydrogens is 321 g/mol. The highest BCUT2D eigenvalue weighted by Gasteiger charge is 2.33. The molecule has 122 valence electrons. The normalized spacial score (nSPS) is 12.0. The van der Waals surface area contributed by atoms with Crippen molar-refractivity contribution in [3.05, 3.63) is 42.5 Å². The van der Waals surface area contributed by atoms with Crippen LogP contribution in [-0.2, 0) is 10.0 Å². The summed E-state index contributed by atoms with van der Waals surface area (Å²) < 4.78 is 62.9. The first-order chi connectivity index (χ1) is 10.1. The summed E-state index contributed by atoms with van der Waals surface area (Å²) in [5, 5.41) is 0. The summed E-state index contributed by atoms with van der Waals surface area (Å²) in [6.07, 6.45) is -3.40. The van der Waals surface area contributed by atoms with Crippen LogP contribution in [0.4, 0.5) is 13.2 Å². The minimum absolute atomic E-state index is 0.151. The highest BCUT2D eigenvalue weighted by molar-refractivity contribution is 7.89. The van der Waals surface area contributed by atoms with Gasteiger partial charge in [0.05, 0.1) is 4.90 Å². The standard InChI is InChI=1S/C13H15F3N2O3S/c1-3-7-18(9-13(14,15)16)12(19)10-5-4-6-11(8-10)22(20,21)17-2/h3-6,8,17H,1,7,9H2,2H3. The van der Waals surface area contributed by atoms with E-state index in [9.17, 15) is 26.4 Å². The third-order valence-corrected chi connectivity index (χ3v) is 4.08. The van der Waals surface area contributed by atoms with E-state index in [1.165, 1.54) is 25.2 Å². The number of carbonyl (C=O) groups is 1. The Bertz CT molecular complexity index is 657. The predicted octanol–water partition coefficient (Wildman–Crippen LogP) is 1.79. The SMILES string of the molecule is C=CCN(CC(F)(F)F)C(=O)c1cccc(S(=O)(=O)NC)c1. The van der Waals surface area contributed by atoms with Gasteiger partial charge in [-0.05, 0) is 25.2 Å². The molecule has 1 amide bonds. The second-order valence-corrected chi connectivity index (χ2v) is 6.21. The van der Waals surface area contributed by atoms with Crippen molar-refractivity contribution in [3.63, 3.8) is 0 Å². The minimum Gasteiger partial charge on any atom is -0.326 e. The highest BCUT2D eigenvalue weighted by Crippen LogP contribution is 2.19. The van der Waals surface area contributed by atoms with E-state index in [2.05, 4.69) is 11.3 Å². The van der Waals surface area contributed by atoms with Crippen LogP contribution in [0, 0.1) is 0 Å². The zero-order valence-corrected chi connectivity index (χ0v) is 12.5. The molecule has 0 atom stereocenters. The van der Waals surface area contributed by atoms with E-state index < -0.39 is 28.7 Å². The fourth-order valence-electron chi connectivity index (χ4n) is 1.69. The van der Waals surface area contributed by atoms with E-state index in [0.717, 1.165) is 12.1 Å². The van der Waals surface area contributed by atoms with Crippen molar-refractivity contribution >= 4 is 15.9 Å². The number of alkyl halides is 3. The van der Waals surface area contributed by atoms with E-state index in [1.807, 2.05) is 0 Å². The zero-order chi connectivity index (χ0) is 17.0. The maximum atomic E-state index is 12.5. The number of sulfonamides is 1. The number of hydrogen-bond donors (Lipinski definition) is 1. The van der Waals surface area contributed by atoms with Crippen LogP contribution in [0.5, 0.6) is 0 Å². The van der Waals surface area contributed by atoms with Gasteiger partial charge in [-0.1, -0.05) is 12.1 Å². The van der Waals surface area contributed by atoms with Crippen LogP contribution >= 0.6 is 0 Å². The minimum atomic E-state index is -4.56. The number of halogens is 3. The topological polar surface area (TPSA) is 66.5 Å². The molecule has 0 aliphatic carbocycles. The molecule has 0 bridgehead atoms. The average molecular weight is 336 g/mol. The van der Waals surface area contributed by atoms with Crippen molar-refractivity contribution in [3.8, 4) is 0 Å². The molecule has 0 saturated carbocycles. The lowest BCUT2D eigenvalue weighted by Crippen LogP contribution is -2.39. The second-order valence-electron chi connectivity index (χ2n) is 4.32. The number of nitrogens with one attached hydrogen (secondary N) is 1. The molecule has 0 fully saturated rings. The third kappa shape index (κ3) is 4.85. The first-order valence-electron chi connectivity index (χ1n) is 6.11. The molecule has 9 heteroatoms. The number of nitrogens with zero attached hydrogens (tertiary/aromatic N) is 1. The molecule has 1 rings (SSSR count). The second kappa shape index (κ2) is 6.93. The van der Waals surface area contributed by atoms with Crippen molar-refractivity contribution < 1.29 is 26.4 Å². The van der Waals surface area contributed by atoms with E-state index in [4.69, 9.17) is 0 Å². The van der Waals surface area contributed by atoms with Crippen molar-refractivity contribution in [2.75, 3.05) is 20.1 Å². The van der Waals surface area contributed by atoms with Gasteiger partial charge in [-0.25, -0.2) is 13.1 Å². The molecule has 22 heavy (non-hydrogen) atoms. The monoisotopic (exact) mass is 336 g/mol. The number of rotatable bonds is 6. The smallest absolute Gasteiger partial charge is 0.326 e. The predicted molar refractivity (Wildman–Crippen MR) is 74.8 cm³/mol. The Morgan fingerprint density at radius 3 is 2.55 bits per heavy atom. The summed E-state index contributed by atoms with van der Waals surface area (Å²) >= 11 is 0. The molecule has 0 aliphatic heterocycles. The molecular formula is C13H15F3N2O3S. The first kappa shape index (κ1) is 18.2. The van der Waals surface area contributed by atoms with Crippen LogP contribution in [0.25, 0.3) is 0 Å². The van der Waals surface area contributed by atoms with Gasteiger partial charge < -0.3 is 4.90 Å². The summed E-state index contributed by atoms with van der Waals surface area (Å²) in [5.41, 5.74) is -0.151. The highest BCUT2D eigenvalue weighted by atomic mass is 32.2. The average Bonchev–Trinajstić information content (AvgIpc) is 2.45. The number of carbonyl (C=O) groups excluding carboxylic acids is 1. The van der Waals surface area contributed by atoms with E-state index in [-0.39, 0.29) is 17.0 Å². The van der Waals surface area contributed by atoms with Crippen LogP contribution in [0.3, 0.4) is 0 Å². The summed E-state index contributed by atoms with van der Waals surface area (Å²) in [4.78, 5) is 12.5. The molecule has 5 nitrogen and oxygen atoms in total. The largest absolute Gasteiger partial charge is 0.406 e. The van der Waals surface area contributed by atoms with Crippen molar-refractivity contribution in [1.29, 1.82) is 0 Å². The third-order valence-electron chi connectivity index (χ3n) is 2.67. The lowest BCUT2D eigenvalue weighted by atomic mass is 10.2. The van der Waals surface area contributed by atoms with Gasteiger partial charge in [0.1, 0.15) is 6.54 Å². The maximum absolute atomic E-state index is 12.5. The molecule has 0 unspecified atom stereocenters. The quantitative estimate of drug-likeness (QED) is 0.806. The van der Waals surface area contributed by atoms with Gasteiger partial charge in [0.2, 0.25) is 10.0 Å². The lowest BCUT2D eigenvalue weighted by molar-refractivity contribution is -0.139. The Morgan fingerprint density at radius 2 is 2.05 bits per heavy atom. The summed E-state index contributed by atoms with van der Waals surface area (Å²) in [6.45, 7) is 1.56. The molecule has 0 saturated heterocycles. The Hall–Kier alpha value is -1.87. The van der Waals surface area contributed by atoms with E-state index >= 15 is 0 Å². The van der Waals surface area contributed by atoms with Gasteiger partial charge in [-0.15, -0.1) is 6.58 Å². The Balaban J connectivity index is 3.15. The summed E-state index contributed by atoms with van der Waals surface area (Å²) in [7, 11) is -2.60. The Kier molecular flexibility index (Phi) is 5.72. The molecule has 0 heterocycles. The number of hydrogen-bond acceptors (Lipinski definition) is 3. The Labute approximate surface area is 126 Å². The lowest BCUT2D eigenvalue weighted by Gasteiger charge is -2.22. The zero-order valence-electron chi connectivity index (χ0n) is 11.7. The molecule has 1 aromatic carbocycles. The summed E-state index contributed by atoms with van der Waals surface area (Å²) in [6, 6.07) is 4.81. The number of benzene rings is 1. The molecule has 1 aromatic rings.